The zero-order valence-electron chi connectivity index (χ0n) is 30.3. The van der Waals surface area contributed by atoms with Gasteiger partial charge in [0, 0.05) is 18.3 Å². The van der Waals surface area contributed by atoms with E-state index in [0.29, 0.717) is 18.5 Å². The largest absolute Gasteiger partial charge is 0.414 e. The van der Waals surface area contributed by atoms with Crippen molar-refractivity contribution in [3.63, 3.8) is 0 Å². The van der Waals surface area contributed by atoms with Crippen molar-refractivity contribution in [2.75, 3.05) is 26.3 Å². The van der Waals surface area contributed by atoms with Crippen LogP contribution in [0.3, 0.4) is 0 Å². The van der Waals surface area contributed by atoms with E-state index >= 15 is 0 Å². The molecule has 0 spiro atoms. The predicted octanol–water partition coefficient (Wildman–Crippen LogP) is 4.79. The fourth-order valence-corrected chi connectivity index (χ4v) is 19.6. The van der Waals surface area contributed by atoms with Gasteiger partial charge in [0.1, 0.15) is 11.7 Å². The molecule has 3 fully saturated rings. The summed E-state index contributed by atoms with van der Waals surface area (Å²) in [5.74, 6) is 0. The maximum atomic E-state index is 13.3. The van der Waals surface area contributed by atoms with Crippen LogP contribution in [-0.2, 0) is 36.8 Å². The van der Waals surface area contributed by atoms with E-state index in [1.54, 1.807) is 24.1 Å². The van der Waals surface area contributed by atoms with Crippen LogP contribution in [0.4, 0.5) is 0 Å². The number of benzene rings is 1. The Kier molecular flexibility index (Phi) is 11.1. The van der Waals surface area contributed by atoms with Gasteiger partial charge >= 0.3 is 22.8 Å². The third-order valence-corrected chi connectivity index (χ3v) is 21.6. The summed E-state index contributed by atoms with van der Waals surface area (Å²) in [6.45, 7) is 21.3. The lowest BCUT2D eigenvalue weighted by Crippen LogP contribution is -2.71. The molecule has 4 heterocycles. The first kappa shape index (κ1) is 38.2. The lowest BCUT2D eigenvalue weighted by Gasteiger charge is -2.55. The van der Waals surface area contributed by atoms with Gasteiger partial charge in [-0.05, 0) is 54.6 Å². The van der Waals surface area contributed by atoms with E-state index < -0.39 is 62.5 Å². The van der Waals surface area contributed by atoms with Crippen molar-refractivity contribution < 1.29 is 35.1 Å². The number of nitrogens with zero attached hydrogens (tertiary/aromatic N) is 2. The van der Waals surface area contributed by atoms with E-state index in [2.05, 4.69) is 60.4 Å². The van der Waals surface area contributed by atoms with Crippen LogP contribution in [0.5, 0.6) is 0 Å². The molecule has 1 aromatic heterocycles. The minimum Gasteiger partial charge on any atom is -0.414 e. The van der Waals surface area contributed by atoms with Gasteiger partial charge in [0.25, 0.3) is 15.7 Å². The smallest absolute Gasteiger partial charge is 0.335 e. The average Bonchev–Trinajstić information content (AvgIpc) is 3.16. The second-order valence-corrected chi connectivity index (χ2v) is 25.4. The van der Waals surface area contributed by atoms with Crippen LogP contribution in [0, 0.1) is 13.8 Å². The third-order valence-electron chi connectivity index (χ3n) is 10.1. The number of hydrogen-bond donors (Lipinski definition) is 1. The Morgan fingerprint density at radius 2 is 1.57 bits per heavy atom. The van der Waals surface area contributed by atoms with Gasteiger partial charge in [-0.25, -0.2) is 4.79 Å². The molecule has 5 rings (SSSR count). The molecule has 0 radical (unpaired) electrons. The number of ether oxygens (including phenoxy) is 1. The van der Waals surface area contributed by atoms with Gasteiger partial charge in [-0.2, -0.15) is 13.5 Å². The van der Waals surface area contributed by atoms with Crippen molar-refractivity contribution in [3.8, 4) is 0 Å². The predicted molar refractivity (Wildman–Crippen MR) is 188 cm³/mol. The first-order valence-electron chi connectivity index (χ1n) is 17.3. The maximum absolute atomic E-state index is 13.3. The van der Waals surface area contributed by atoms with E-state index in [0.717, 1.165) is 5.56 Å². The molecule has 16 heteroatoms. The Morgan fingerprint density at radius 1 is 0.959 bits per heavy atom. The van der Waals surface area contributed by atoms with Gasteiger partial charge in [0.05, 0.1) is 24.7 Å². The van der Waals surface area contributed by atoms with Crippen LogP contribution in [0.25, 0.3) is 0 Å². The van der Waals surface area contributed by atoms with Crippen molar-refractivity contribution in [2.45, 2.75) is 127 Å². The highest BCUT2D eigenvalue weighted by Crippen LogP contribution is 2.53. The first-order chi connectivity index (χ1) is 22.9. The summed E-state index contributed by atoms with van der Waals surface area (Å²) in [6.07, 6.45) is -0.591. The first-order valence-corrected chi connectivity index (χ1v) is 22.6. The third kappa shape index (κ3) is 7.10. The molecule has 274 valence electrons. The highest BCUT2D eigenvalue weighted by molar-refractivity contribution is 7.86. The second-order valence-electron chi connectivity index (χ2n) is 14.9. The molecule has 1 unspecified atom stereocenters. The van der Waals surface area contributed by atoms with Crippen molar-refractivity contribution in [1.29, 1.82) is 0 Å². The Morgan fingerprint density at radius 3 is 2.16 bits per heavy atom. The highest BCUT2D eigenvalue weighted by Gasteiger charge is 2.69. The van der Waals surface area contributed by atoms with E-state index in [9.17, 15) is 18.0 Å². The fraction of sp³-hybridized carbons (Fsp3) is 0.697. The fourth-order valence-electron chi connectivity index (χ4n) is 7.35. The van der Waals surface area contributed by atoms with Crippen LogP contribution >= 0.6 is 0 Å². The molecule has 49 heavy (non-hydrogen) atoms. The topological polar surface area (TPSA) is 148 Å². The van der Waals surface area contributed by atoms with E-state index in [-0.39, 0.29) is 46.8 Å². The number of nitrogens with one attached hydrogen (secondary N) is 1. The minimum atomic E-state index is -3.93. The lowest BCUT2D eigenvalue weighted by molar-refractivity contribution is -0.269. The van der Waals surface area contributed by atoms with Crippen molar-refractivity contribution in [3.05, 3.63) is 62.4 Å². The van der Waals surface area contributed by atoms with Gasteiger partial charge < -0.3 is 17.7 Å². The minimum absolute atomic E-state index is 0.0529. The summed E-state index contributed by atoms with van der Waals surface area (Å²) < 4.78 is 61.1. The number of aryl methyl sites for hydroxylation is 2. The Bertz CT molecular complexity index is 1700. The van der Waals surface area contributed by atoms with E-state index in [1.165, 1.54) is 22.9 Å². The van der Waals surface area contributed by atoms with Gasteiger partial charge in [0.15, 0.2) is 12.3 Å². The lowest BCUT2D eigenvalue weighted by atomic mass is 9.94. The summed E-state index contributed by atoms with van der Waals surface area (Å²) in [7, 11) is -9.96. The molecular weight excluding hydrogens is 687 g/mol. The molecule has 3 aliphatic rings. The van der Waals surface area contributed by atoms with Crippen LogP contribution in [0.15, 0.2) is 44.9 Å². The molecule has 0 aliphatic carbocycles. The molecule has 2 aromatic rings. The van der Waals surface area contributed by atoms with E-state index in [1.807, 2.05) is 6.92 Å². The zero-order valence-corrected chi connectivity index (χ0v) is 33.2. The van der Waals surface area contributed by atoms with Crippen molar-refractivity contribution in [2.24, 2.45) is 0 Å². The molecule has 3 aliphatic heterocycles. The summed E-state index contributed by atoms with van der Waals surface area (Å²) >= 11 is 0. The number of hydrogen-bond acceptors (Lipinski definition) is 11. The van der Waals surface area contributed by atoms with Gasteiger partial charge in [-0.1, -0.05) is 73.1 Å². The molecule has 0 amide bonds. The number of rotatable bonds is 11. The van der Waals surface area contributed by atoms with Crippen molar-refractivity contribution in [1.82, 2.24) is 14.6 Å². The summed E-state index contributed by atoms with van der Waals surface area (Å²) in [6, 6.07) is 6.51. The standard InChI is InChI=1S/C33H53N3O10SSi2/c1-21(2)48(22(3)4)42-20-33-19-35(16-11-17-41-47(39,40)27-14-12-25(9)13-15-27)44-28(29(33)45-49(46-48,23(5)6)24(7)8)31(43-33)36-18-26(10)30(37)34-32(36)38/h12-15,18,21-24,28-29,31H,11,16-17,19-20H2,1-10H3,(H,34,37,38)/t28-,29?,31+,33+/m0/s1. The van der Waals surface area contributed by atoms with Gasteiger partial charge in [-0.15, -0.1) is 0 Å². The quantitative estimate of drug-likeness (QED) is 0.193. The average molecular weight is 740 g/mol. The van der Waals surface area contributed by atoms with Crippen LogP contribution < -0.4 is 11.2 Å². The summed E-state index contributed by atoms with van der Waals surface area (Å²) in [5, 5.41) is 1.74. The monoisotopic (exact) mass is 739 g/mol. The number of aromatic nitrogens is 2. The summed E-state index contributed by atoms with van der Waals surface area (Å²) in [5.41, 5.74) is -0.548. The Hall–Kier alpha value is -2.00. The molecule has 0 saturated carbocycles. The maximum Gasteiger partial charge on any atom is 0.335 e. The number of hydroxylamine groups is 2. The molecule has 3 saturated heterocycles. The molecule has 13 nitrogen and oxygen atoms in total. The zero-order chi connectivity index (χ0) is 36.1. The SMILES string of the molecule is Cc1ccc(S(=O)(=O)OCCCN2C[C@@]34CO[Si](C(C)C)(C(C)C)O[Si](C(C)C)(C(C)C)OC3[C@H](O2)[C@H](n2cc(C)c(=O)[nH]c2=O)O4)cc1. The normalized spacial score (nSPS) is 27.1. The van der Waals surface area contributed by atoms with Crippen molar-refractivity contribution >= 4 is 27.2 Å². The molecule has 1 aromatic carbocycles. The second kappa shape index (κ2) is 14.2. The van der Waals surface area contributed by atoms with Crippen LogP contribution in [0.2, 0.25) is 22.2 Å². The van der Waals surface area contributed by atoms with Crippen LogP contribution in [0.1, 0.15) is 79.2 Å². The molecule has 2 bridgehead atoms. The van der Waals surface area contributed by atoms with Gasteiger partial charge in [-0.3, -0.25) is 23.4 Å². The Balaban J connectivity index is 1.50. The Labute approximate surface area is 291 Å². The van der Waals surface area contributed by atoms with E-state index in [4.69, 9.17) is 26.7 Å². The summed E-state index contributed by atoms with van der Waals surface area (Å²) in [4.78, 5) is 34.7. The highest BCUT2D eigenvalue weighted by atomic mass is 32.2. The number of aromatic amines is 1. The molecule has 4 atom stereocenters. The van der Waals surface area contributed by atoms with Crippen LogP contribution in [-0.4, -0.2) is 84.3 Å². The molecule has 1 N–H and O–H groups in total. The number of H-pyrrole nitrogens is 1. The van der Waals surface area contributed by atoms with Gasteiger partial charge in [0.2, 0.25) is 0 Å². The molecular formula is C33H53N3O10SSi2.